The zero-order valence-corrected chi connectivity index (χ0v) is 17.5. The number of hydrogen-bond acceptors (Lipinski definition) is 4. The number of aromatic amines is 2. The van der Waals surface area contributed by atoms with E-state index >= 15 is 0 Å². The summed E-state index contributed by atoms with van der Waals surface area (Å²) >= 11 is 10.3. The SMILES string of the molecule is OC(CCNS)CCc1cc(-c2ncc(-c3ccc4[nH]ccc4c3)[nH]2)ccc1Cl. The number of H-pyrrole nitrogens is 2. The van der Waals surface area contributed by atoms with Crippen LogP contribution in [-0.2, 0) is 6.42 Å². The number of hydrogen-bond donors (Lipinski definition) is 5. The Labute approximate surface area is 180 Å². The van der Waals surface area contributed by atoms with Gasteiger partial charge in [-0.15, -0.1) is 0 Å². The number of aromatic nitrogens is 3. The van der Waals surface area contributed by atoms with Crippen molar-refractivity contribution in [2.75, 3.05) is 6.54 Å². The molecule has 0 bridgehead atoms. The van der Waals surface area contributed by atoms with Crippen LogP contribution in [0.2, 0.25) is 5.02 Å². The van der Waals surface area contributed by atoms with Crippen LogP contribution in [0.25, 0.3) is 33.5 Å². The van der Waals surface area contributed by atoms with Gasteiger partial charge < -0.3 is 15.1 Å². The van der Waals surface area contributed by atoms with Crippen molar-refractivity contribution in [3.05, 3.63) is 65.4 Å². The third-order valence-corrected chi connectivity index (χ3v) is 5.69. The highest BCUT2D eigenvalue weighted by Gasteiger charge is 2.11. The van der Waals surface area contributed by atoms with Gasteiger partial charge in [0.05, 0.1) is 18.0 Å². The first-order valence-corrected chi connectivity index (χ1v) is 10.4. The highest BCUT2D eigenvalue weighted by Crippen LogP contribution is 2.28. The zero-order valence-electron chi connectivity index (χ0n) is 15.8. The van der Waals surface area contributed by atoms with Crippen molar-refractivity contribution in [3.8, 4) is 22.6 Å². The van der Waals surface area contributed by atoms with Crippen LogP contribution in [0.15, 0.2) is 54.9 Å². The summed E-state index contributed by atoms with van der Waals surface area (Å²) in [6, 6.07) is 14.2. The van der Waals surface area contributed by atoms with Gasteiger partial charge in [0.25, 0.3) is 0 Å². The number of benzene rings is 2. The molecule has 2 aromatic carbocycles. The van der Waals surface area contributed by atoms with Crippen molar-refractivity contribution < 1.29 is 5.11 Å². The van der Waals surface area contributed by atoms with E-state index in [2.05, 4.69) is 56.8 Å². The minimum absolute atomic E-state index is 0.382. The summed E-state index contributed by atoms with van der Waals surface area (Å²) in [6.07, 6.45) is 5.43. The van der Waals surface area contributed by atoms with Crippen LogP contribution in [0.4, 0.5) is 0 Å². The molecule has 0 fully saturated rings. The maximum atomic E-state index is 10.1. The van der Waals surface area contributed by atoms with Crippen LogP contribution in [0.5, 0.6) is 0 Å². The van der Waals surface area contributed by atoms with Crippen LogP contribution in [0.1, 0.15) is 18.4 Å². The molecule has 4 aromatic rings. The molecule has 0 aliphatic heterocycles. The number of fused-ring (bicyclic) bond motifs is 1. The van der Waals surface area contributed by atoms with E-state index in [1.165, 1.54) is 5.39 Å². The van der Waals surface area contributed by atoms with E-state index in [4.69, 9.17) is 11.6 Å². The lowest BCUT2D eigenvalue weighted by Crippen LogP contribution is -2.14. The topological polar surface area (TPSA) is 76.7 Å². The molecule has 7 heteroatoms. The molecular formula is C22H23ClN4OS. The van der Waals surface area contributed by atoms with E-state index in [1.807, 2.05) is 30.6 Å². The van der Waals surface area contributed by atoms with Gasteiger partial charge in [0.15, 0.2) is 0 Å². The predicted molar refractivity (Wildman–Crippen MR) is 122 cm³/mol. The molecule has 0 aliphatic rings. The van der Waals surface area contributed by atoms with Crippen molar-refractivity contribution in [1.29, 1.82) is 0 Å². The van der Waals surface area contributed by atoms with Gasteiger partial charge in [-0.1, -0.05) is 30.5 Å². The minimum Gasteiger partial charge on any atom is -0.393 e. The molecule has 2 heterocycles. The Morgan fingerprint density at radius 3 is 2.83 bits per heavy atom. The maximum absolute atomic E-state index is 10.1. The fourth-order valence-corrected chi connectivity index (χ4v) is 3.79. The van der Waals surface area contributed by atoms with Crippen molar-refractivity contribution in [3.63, 3.8) is 0 Å². The van der Waals surface area contributed by atoms with Gasteiger partial charge in [-0.3, -0.25) is 4.72 Å². The van der Waals surface area contributed by atoms with E-state index in [0.717, 1.165) is 33.7 Å². The minimum atomic E-state index is -0.382. The second kappa shape index (κ2) is 9.05. The Balaban J connectivity index is 1.52. The van der Waals surface area contributed by atoms with E-state index in [-0.39, 0.29) is 6.10 Å². The van der Waals surface area contributed by atoms with Crippen molar-refractivity contribution in [1.82, 2.24) is 19.7 Å². The second-order valence-corrected chi connectivity index (χ2v) is 7.84. The molecule has 0 amide bonds. The van der Waals surface area contributed by atoms with E-state index in [0.29, 0.717) is 30.8 Å². The van der Waals surface area contributed by atoms with Crippen LogP contribution in [0, 0.1) is 0 Å². The quantitative estimate of drug-likeness (QED) is 0.257. The van der Waals surface area contributed by atoms with Gasteiger partial charge in [0, 0.05) is 39.8 Å². The number of aryl methyl sites for hydroxylation is 1. The Morgan fingerprint density at radius 1 is 1.10 bits per heavy atom. The molecule has 0 saturated carbocycles. The maximum Gasteiger partial charge on any atom is 0.137 e. The fraction of sp³-hybridized carbons (Fsp3) is 0.227. The van der Waals surface area contributed by atoms with Gasteiger partial charge in [-0.2, -0.15) is 0 Å². The van der Waals surface area contributed by atoms with Gasteiger partial charge in [0.1, 0.15) is 5.82 Å². The molecule has 0 saturated heterocycles. The summed E-state index contributed by atoms with van der Waals surface area (Å²) in [5, 5.41) is 11.9. The third-order valence-electron chi connectivity index (χ3n) is 5.10. The van der Waals surface area contributed by atoms with E-state index < -0.39 is 0 Å². The Kier molecular flexibility index (Phi) is 6.25. The molecule has 5 nitrogen and oxygen atoms in total. The number of nitrogens with zero attached hydrogens (tertiary/aromatic N) is 1. The average molecular weight is 427 g/mol. The monoisotopic (exact) mass is 426 g/mol. The molecular weight excluding hydrogens is 404 g/mol. The number of thiol groups is 1. The standard InChI is InChI=1S/C22H23ClN4OS/c23-19-5-2-17(11-14(19)1-4-18(28)8-10-26-29)22-25-13-21(27-22)15-3-6-20-16(12-15)7-9-24-20/h2-3,5-7,9,11-13,18,24,26,28-29H,1,4,8,10H2,(H,25,27). The number of aliphatic hydroxyl groups is 1. The second-order valence-electron chi connectivity index (χ2n) is 7.12. The lowest BCUT2D eigenvalue weighted by atomic mass is 10.0. The molecule has 1 unspecified atom stereocenters. The van der Waals surface area contributed by atoms with Gasteiger partial charge in [0.2, 0.25) is 0 Å². The molecule has 4 N–H and O–H groups in total. The van der Waals surface area contributed by atoms with Crippen molar-refractivity contribution in [2.45, 2.75) is 25.4 Å². The molecule has 0 radical (unpaired) electrons. The first-order chi connectivity index (χ1) is 14.1. The van der Waals surface area contributed by atoms with Gasteiger partial charge >= 0.3 is 0 Å². The number of aliphatic hydroxyl groups excluding tert-OH is 1. The zero-order chi connectivity index (χ0) is 20.2. The smallest absolute Gasteiger partial charge is 0.137 e. The molecule has 4 rings (SSSR count). The summed E-state index contributed by atoms with van der Waals surface area (Å²) in [4.78, 5) is 11.2. The van der Waals surface area contributed by atoms with Crippen LogP contribution in [-0.4, -0.2) is 32.7 Å². The molecule has 0 aliphatic carbocycles. The summed E-state index contributed by atoms with van der Waals surface area (Å²) in [6.45, 7) is 0.668. The summed E-state index contributed by atoms with van der Waals surface area (Å²) in [7, 11) is 0. The van der Waals surface area contributed by atoms with Crippen LogP contribution >= 0.6 is 24.4 Å². The Hall–Kier alpha value is -2.25. The third kappa shape index (κ3) is 4.67. The number of imidazole rings is 1. The normalized spacial score (nSPS) is 12.5. The molecule has 29 heavy (non-hydrogen) atoms. The molecule has 0 spiro atoms. The van der Waals surface area contributed by atoms with E-state index in [1.54, 1.807) is 0 Å². The summed E-state index contributed by atoms with van der Waals surface area (Å²) in [5.41, 5.74) is 5.15. The Morgan fingerprint density at radius 2 is 1.97 bits per heavy atom. The number of nitrogens with one attached hydrogen (secondary N) is 3. The van der Waals surface area contributed by atoms with Gasteiger partial charge in [-0.05, 0) is 61.2 Å². The Bertz CT molecular complexity index is 1110. The summed E-state index contributed by atoms with van der Waals surface area (Å²) < 4.78 is 2.76. The first-order valence-electron chi connectivity index (χ1n) is 9.60. The largest absolute Gasteiger partial charge is 0.393 e. The summed E-state index contributed by atoms with van der Waals surface area (Å²) in [5.74, 6) is 0.798. The van der Waals surface area contributed by atoms with Crippen LogP contribution in [0.3, 0.4) is 0 Å². The average Bonchev–Trinajstić information content (AvgIpc) is 3.40. The lowest BCUT2D eigenvalue weighted by molar-refractivity contribution is 0.156. The van der Waals surface area contributed by atoms with Crippen molar-refractivity contribution >= 4 is 35.3 Å². The number of rotatable bonds is 8. The van der Waals surface area contributed by atoms with E-state index in [9.17, 15) is 5.11 Å². The highest BCUT2D eigenvalue weighted by molar-refractivity contribution is 7.78. The lowest BCUT2D eigenvalue weighted by Gasteiger charge is -2.11. The molecule has 150 valence electrons. The predicted octanol–water partition coefficient (Wildman–Crippen LogP) is 5.00. The fourth-order valence-electron chi connectivity index (χ4n) is 3.45. The van der Waals surface area contributed by atoms with Gasteiger partial charge in [-0.25, -0.2) is 4.98 Å². The van der Waals surface area contributed by atoms with Crippen molar-refractivity contribution in [2.24, 2.45) is 0 Å². The molecule has 2 aromatic heterocycles. The van der Waals surface area contributed by atoms with Crippen LogP contribution < -0.4 is 4.72 Å². The highest BCUT2D eigenvalue weighted by atomic mass is 35.5. The number of halogens is 1. The first kappa shape index (κ1) is 20.0. The molecule has 1 atom stereocenters.